The molecule has 2 N–H and O–H groups in total. The third kappa shape index (κ3) is 3.24. The number of aromatic amines is 1. The summed E-state index contributed by atoms with van der Waals surface area (Å²) in [5, 5.41) is 2.89. The summed E-state index contributed by atoms with van der Waals surface area (Å²) in [6.45, 7) is 2.32. The van der Waals surface area contributed by atoms with Crippen molar-refractivity contribution in [1.29, 1.82) is 0 Å². The lowest BCUT2D eigenvalue weighted by molar-refractivity contribution is -0.364. The molecule has 22 heavy (non-hydrogen) atoms. The molecule has 1 amide bonds. The maximum Gasteiger partial charge on any atom is 0.287 e. The molecule has 0 saturated carbocycles. The van der Waals surface area contributed by atoms with Crippen LogP contribution in [-0.2, 0) is 6.54 Å². The first kappa shape index (κ1) is 14.5. The Labute approximate surface area is 129 Å². The van der Waals surface area contributed by atoms with Gasteiger partial charge in [-0.2, -0.15) is 0 Å². The molecule has 0 spiro atoms. The van der Waals surface area contributed by atoms with Gasteiger partial charge < -0.3 is 5.32 Å². The van der Waals surface area contributed by atoms with E-state index in [1.807, 2.05) is 18.3 Å². The smallest absolute Gasteiger partial charge is 0.287 e. The van der Waals surface area contributed by atoms with Crippen molar-refractivity contribution in [3.05, 3.63) is 59.5 Å². The fourth-order valence-electron chi connectivity index (χ4n) is 2.69. The zero-order chi connectivity index (χ0) is 15.4. The van der Waals surface area contributed by atoms with Crippen LogP contribution < -0.4 is 15.2 Å². The van der Waals surface area contributed by atoms with E-state index < -0.39 is 0 Å². The summed E-state index contributed by atoms with van der Waals surface area (Å²) in [6.07, 6.45) is 4.14. The van der Waals surface area contributed by atoms with Gasteiger partial charge in [0.25, 0.3) is 11.7 Å². The number of hydrogen-bond donors (Lipinski definition) is 1. The lowest BCUT2D eigenvalue weighted by atomic mass is 10.2. The number of carbonyl (C=O) groups excluding carboxylic acids is 1. The fraction of sp³-hybridized carbons (Fsp3) is 0.294. The number of halogens is 1. The van der Waals surface area contributed by atoms with Crippen molar-refractivity contribution in [2.75, 3.05) is 18.0 Å². The number of aromatic nitrogens is 1. The Morgan fingerprint density at radius 2 is 1.91 bits per heavy atom. The zero-order valence-electron chi connectivity index (χ0n) is 12.3. The van der Waals surface area contributed by atoms with Crippen LogP contribution in [0.1, 0.15) is 28.8 Å². The second-order valence-electron chi connectivity index (χ2n) is 5.44. The first-order chi connectivity index (χ1) is 10.7. The second-order valence-corrected chi connectivity index (χ2v) is 5.44. The highest BCUT2D eigenvalue weighted by atomic mass is 19.1. The molecule has 4 nitrogen and oxygen atoms in total. The van der Waals surface area contributed by atoms with Crippen molar-refractivity contribution >= 4 is 11.7 Å². The van der Waals surface area contributed by atoms with Crippen molar-refractivity contribution in [3.63, 3.8) is 0 Å². The summed E-state index contributed by atoms with van der Waals surface area (Å²) in [4.78, 5) is 17.8. The highest BCUT2D eigenvalue weighted by Gasteiger charge is 2.26. The Balaban J connectivity index is 1.70. The molecule has 2 aromatic rings. The fourth-order valence-corrected chi connectivity index (χ4v) is 2.69. The number of H-pyrrole nitrogens is 1. The molecule has 1 saturated heterocycles. The monoisotopic (exact) mass is 300 g/mol. The summed E-state index contributed by atoms with van der Waals surface area (Å²) < 4.78 is 12.9. The lowest BCUT2D eigenvalue weighted by Crippen LogP contribution is -2.32. The number of nitrogens with zero attached hydrogens (tertiary/aromatic N) is 1. The van der Waals surface area contributed by atoms with Crippen molar-refractivity contribution in [2.45, 2.75) is 19.4 Å². The van der Waals surface area contributed by atoms with E-state index in [0.717, 1.165) is 37.3 Å². The molecule has 0 unspecified atom stereocenters. The maximum atomic E-state index is 12.9. The Bertz CT molecular complexity index is 651. The highest BCUT2D eigenvalue weighted by Crippen LogP contribution is 2.19. The van der Waals surface area contributed by atoms with E-state index in [2.05, 4.69) is 15.2 Å². The van der Waals surface area contributed by atoms with Crippen LogP contribution in [0.15, 0.2) is 42.6 Å². The molecule has 1 aliphatic rings. The predicted molar refractivity (Wildman–Crippen MR) is 82.0 cm³/mol. The van der Waals surface area contributed by atoms with Crippen LogP contribution in [0.3, 0.4) is 0 Å². The van der Waals surface area contributed by atoms with Gasteiger partial charge in [-0.05, 0) is 42.7 Å². The largest absolute Gasteiger partial charge is 0.348 e. The minimum absolute atomic E-state index is 0.122. The van der Waals surface area contributed by atoms with Gasteiger partial charge in [-0.25, -0.2) is 9.37 Å². The molecule has 0 radical (unpaired) electrons. The second kappa shape index (κ2) is 6.56. The van der Waals surface area contributed by atoms with Gasteiger partial charge in [-0.15, -0.1) is 0 Å². The van der Waals surface area contributed by atoms with Gasteiger partial charge >= 0.3 is 0 Å². The van der Waals surface area contributed by atoms with Crippen molar-refractivity contribution in [2.24, 2.45) is 0 Å². The van der Waals surface area contributed by atoms with Crippen LogP contribution in [0.25, 0.3) is 0 Å². The predicted octanol–water partition coefficient (Wildman–Crippen LogP) is 2.17. The Kier molecular flexibility index (Phi) is 4.32. The summed E-state index contributed by atoms with van der Waals surface area (Å²) in [6, 6.07) is 9.79. The van der Waals surface area contributed by atoms with E-state index in [1.54, 1.807) is 12.1 Å². The topological polar surface area (TPSA) is 46.5 Å². The molecule has 5 heteroatoms. The number of anilines is 1. The van der Waals surface area contributed by atoms with E-state index in [9.17, 15) is 9.18 Å². The zero-order valence-corrected chi connectivity index (χ0v) is 12.3. The van der Waals surface area contributed by atoms with Gasteiger partial charge in [0, 0.05) is 6.54 Å². The minimum atomic E-state index is -0.274. The number of nitrogens with one attached hydrogen (secondary N) is 2. The van der Waals surface area contributed by atoms with E-state index in [1.165, 1.54) is 12.1 Å². The molecular formula is C17H19FN3O+. The Hall–Kier alpha value is -2.43. The van der Waals surface area contributed by atoms with Crippen molar-refractivity contribution in [1.82, 2.24) is 5.32 Å². The van der Waals surface area contributed by atoms with Crippen LogP contribution in [-0.4, -0.2) is 19.0 Å². The van der Waals surface area contributed by atoms with Crippen LogP contribution in [0.5, 0.6) is 0 Å². The number of hydrogen-bond acceptors (Lipinski definition) is 2. The van der Waals surface area contributed by atoms with Gasteiger partial charge in [-0.1, -0.05) is 12.1 Å². The SMILES string of the molecule is O=C(NCc1ccc(F)cc1)c1ccc[nH+]c1N1CCCC1. The third-order valence-corrected chi connectivity index (χ3v) is 3.87. The third-order valence-electron chi connectivity index (χ3n) is 3.87. The standard InChI is InChI=1S/C17H18FN3O/c18-14-7-5-13(6-8-14)12-20-17(22)15-4-3-9-19-16(15)21-10-1-2-11-21/h3-9H,1-2,10-12H2,(H,20,22)/p+1. The average Bonchev–Trinajstić information content (AvgIpc) is 3.08. The number of pyridine rings is 1. The van der Waals surface area contributed by atoms with E-state index in [4.69, 9.17) is 0 Å². The Morgan fingerprint density at radius 3 is 2.64 bits per heavy atom. The lowest BCUT2D eigenvalue weighted by Gasteiger charge is -2.12. The van der Waals surface area contributed by atoms with Crippen LogP contribution in [0, 0.1) is 5.82 Å². The molecule has 2 heterocycles. The summed E-state index contributed by atoms with van der Waals surface area (Å²) in [7, 11) is 0. The summed E-state index contributed by atoms with van der Waals surface area (Å²) >= 11 is 0. The van der Waals surface area contributed by atoms with Crippen LogP contribution in [0.2, 0.25) is 0 Å². The quantitative estimate of drug-likeness (QED) is 0.940. The van der Waals surface area contributed by atoms with Gasteiger partial charge in [0.2, 0.25) is 0 Å². The van der Waals surface area contributed by atoms with E-state index in [-0.39, 0.29) is 11.7 Å². The van der Waals surface area contributed by atoms with E-state index >= 15 is 0 Å². The minimum Gasteiger partial charge on any atom is -0.348 e. The molecule has 1 fully saturated rings. The van der Waals surface area contributed by atoms with E-state index in [0.29, 0.717) is 12.1 Å². The van der Waals surface area contributed by atoms with Crippen LogP contribution in [0.4, 0.5) is 10.2 Å². The first-order valence-corrected chi connectivity index (χ1v) is 7.52. The summed E-state index contributed by atoms with van der Waals surface area (Å²) in [5.74, 6) is 0.476. The molecular weight excluding hydrogens is 281 g/mol. The average molecular weight is 300 g/mol. The van der Waals surface area contributed by atoms with Crippen molar-refractivity contribution < 1.29 is 14.2 Å². The molecule has 1 aromatic carbocycles. The number of rotatable bonds is 4. The number of amides is 1. The van der Waals surface area contributed by atoms with Gasteiger partial charge in [-0.3, -0.25) is 9.69 Å². The molecule has 0 atom stereocenters. The van der Waals surface area contributed by atoms with Gasteiger partial charge in [0.05, 0.1) is 19.3 Å². The van der Waals surface area contributed by atoms with Gasteiger partial charge in [0.1, 0.15) is 11.4 Å². The molecule has 0 bridgehead atoms. The van der Waals surface area contributed by atoms with Crippen LogP contribution >= 0.6 is 0 Å². The molecule has 114 valence electrons. The number of carbonyl (C=O) groups is 1. The molecule has 3 rings (SSSR count). The molecule has 1 aliphatic heterocycles. The highest BCUT2D eigenvalue weighted by molar-refractivity contribution is 5.98. The summed E-state index contributed by atoms with van der Waals surface area (Å²) in [5.41, 5.74) is 1.52. The Morgan fingerprint density at radius 1 is 1.18 bits per heavy atom. The molecule has 0 aliphatic carbocycles. The van der Waals surface area contributed by atoms with Crippen molar-refractivity contribution in [3.8, 4) is 0 Å². The molecule has 1 aromatic heterocycles. The first-order valence-electron chi connectivity index (χ1n) is 7.52. The number of benzene rings is 1. The normalized spacial score (nSPS) is 14.1. The van der Waals surface area contributed by atoms with Gasteiger partial charge in [0.15, 0.2) is 0 Å². The maximum absolute atomic E-state index is 12.9.